The molecule has 2 rings (SSSR count). The standard InChI is InChI=1S/C14H18BrN3/c1-4-5-10-7-12(18-16)13-9(3)14(15)8(2)6-11(13)17-10/h6-7H,4-5,16H2,1-3H3,(H,17,18). The lowest BCUT2D eigenvalue weighted by atomic mass is 10.0. The molecule has 3 N–H and O–H groups in total. The van der Waals surface area contributed by atoms with Crippen LogP contribution in [0.15, 0.2) is 16.6 Å². The molecule has 0 saturated heterocycles. The minimum absolute atomic E-state index is 0.946. The number of fused-ring (bicyclic) bond motifs is 1. The van der Waals surface area contributed by atoms with Gasteiger partial charge in [-0.1, -0.05) is 29.3 Å². The molecule has 3 nitrogen and oxygen atoms in total. The molecule has 1 aromatic carbocycles. The van der Waals surface area contributed by atoms with Gasteiger partial charge in [0.1, 0.15) is 0 Å². The monoisotopic (exact) mass is 307 g/mol. The number of hydrogen-bond donors (Lipinski definition) is 2. The topological polar surface area (TPSA) is 50.9 Å². The van der Waals surface area contributed by atoms with Gasteiger partial charge in [0, 0.05) is 15.6 Å². The quantitative estimate of drug-likeness (QED) is 0.669. The Kier molecular flexibility index (Phi) is 3.88. The predicted octanol–water partition coefficient (Wildman–Crippen LogP) is 3.85. The zero-order chi connectivity index (χ0) is 13.3. The molecule has 0 bridgehead atoms. The zero-order valence-corrected chi connectivity index (χ0v) is 12.6. The molecule has 0 atom stereocenters. The molecule has 0 aliphatic heterocycles. The van der Waals surface area contributed by atoms with Crippen LogP contribution in [0.5, 0.6) is 0 Å². The molecule has 0 saturated carbocycles. The van der Waals surface area contributed by atoms with Crippen LogP contribution < -0.4 is 11.3 Å². The van der Waals surface area contributed by atoms with E-state index in [0.29, 0.717) is 0 Å². The molecule has 0 aliphatic rings. The number of halogens is 1. The number of nitrogen functional groups attached to an aromatic ring is 1. The van der Waals surface area contributed by atoms with Crippen molar-refractivity contribution in [3.8, 4) is 0 Å². The molecule has 0 fully saturated rings. The molecule has 96 valence electrons. The zero-order valence-electron chi connectivity index (χ0n) is 11.0. The fourth-order valence-corrected chi connectivity index (χ4v) is 2.60. The van der Waals surface area contributed by atoms with Gasteiger partial charge in [0.15, 0.2) is 0 Å². The molecular weight excluding hydrogens is 290 g/mol. The lowest BCUT2D eigenvalue weighted by molar-refractivity contribution is 0.889. The van der Waals surface area contributed by atoms with Crippen molar-refractivity contribution < 1.29 is 0 Å². The van der Waals surface area contributed by atoms with Crippen LogP contribution in [-0.2, 0) is 6.42 Å². The summed E-state index contributed by atoms with van der Waals surface area (Å²) in [7, 11) is 0. The first-order valence-corrected chi connectivity index (χ1v) is 6.93. The summed E-state index contributed by atoms with van der Waals surface area (Å²) < 4.78 is 1.12. The first-order chi connectivity index (χ1) is 8.58. The van der Waals surface area contributed by atoms with E-state index in [2.05, 4.69) is 48.2 Å². The van der Waals surface area contributed by atoms with E-state index in [0.717, 1.165) is 39.6 Å². The molecule has 4 heteroatoms. The highest BCUT2D eigenvalue weighted by Crippen LogP contribution is 2.33. The van der Waals surface area contributed by atoms with Gasteiger partial charge in [0.25, 0.3) is 0 Å². The van der Waals surface area contributed by atoms with Gasteiger partial charge < -0.3 is 5.43 Å². The molecule has 2 aromatic rings. The van der Waals surface area contributed by atoms with Crippen molar-refractivity contribution in [2.45, 2.75) is 33.6 Å². The van der Waals surface area contributed by atoms with E-state index in [1.165, 1.54) is 11.1 Å². The third-order valence-electron chi connectivity index (χ3n) is 3.17. The van der Waals surface area contributed by atoms with E-state index < -0.39 is 0 Å². The van der Waals surface area contributed by atoms with Gasteiger partial charge in [-0.25, -0.2) is 0 Å². The van der Waals surface area contributed by atoms with Crippen molar-refractivity contribution in [1.29, 1.82) is 0 Å². The lowest BCUT2D eigenvalue weighted by Crippen LogP contribution is -2.09. The first-order valence-electron chi connectivity index (χ1n) is 6.14. The Morgan fingerprint density at radius 3 is 2.67 bits per heavy atom. The second kappa shape index (κ2) is 5.24. The van der Waals surface area contributed by atoms with Gasteiger partial charge in [0.2, 0.25) is 0 Å². The van der Waals surface area contributed by atoms with Crippen molar-refractivity contribution in [3.05, 3.63) is 33.4 Å². The van der Waals surface area contributed by atoms with Gasteiger partial charge in [0.05, 0.1) is 11.2 Å². The molecule has 18 heavy (non-hydrogen) atoms. The Morgan fingerprint density at radius 2 is 2.06 bits per heavy atom. The first kappa shape index (κ1) is 13.3. The van der Waals surface area contributed by atoms with Crippen molar-refractivity contribution in [2.75, 3.05) is 5.43 Å². The number of aromatic nitrogens is 1. The Hall–Kier alpha value is -1.13. The molecule has 0 spiro atoms. The van der Waals surface area contributed by atoms with Crippen LogP contribution in [0.4, 0.5) is 5.69 Å². The summed E-state index contributed by atoms with van der Waals surface area (Å²) in [5.74, 6) is 5.64. The third kappa shape index (κ3) is 2.22. The number of hydrazine groups is 1. The Labute approximate surface area is 116 Å². The van der Waals surface area contributed by atoms with Gasteiger partial charge in [-0.2, -0.15) is 0 Å². The number of rotatable bonds is 3. The molecule has 1 heterocycles. The van der Waals surface area contributed by atoms with Crippen LogP contribution in [0.1, 0.15) is 30.2 Å². The summed E-state index contributed by atoms with van der Waals surface area (Å²) in [6.07, 6.45) is 2.05. The Balaban J connectivity index is 2.79. The number of pyridine rings is 1. The summed E-state index contributed by atoms with van der Waals surface area (Å²) in [5, 5.41) is 1.09. The number of nitrogens with two attached hydrogens (primary N) is 1. The van der Waals surface area contributed by atoms with Gasteiger partial charge >= 0.3 is 0 Å². The Bertz CT molecular complexity index is 593. The second-order valence-electron chi connectivity index (χ2n) is 4.58. The summed E-state index contributed by atoms with van der Waals surface area (Å²) in [5.41, 5.74) is 8.20. The summed E-state index contributed by atoms with van der Waals surface area (Å²) >= 11 is 3.62. The fraction of sp³-hybridized carbons (Fsp3) is 0.357. The highest BCUT2D eigenvalue weighted by Gasteiger charge is 2.11. The maximum Gasteiger partial charge on any atom is 0.0732 e. The summed E-state index contributed by atoms with van der Waals surface area (Å²) in [4.78, 5) is 4.72. The van der Waals surface area contributed by atoms with Gasteiger partial charge in [-0.05, 0) is 43.5 Å². The normalized spacial score (nSPS) is 10.9. The van der Waals surface area contributed by atoms with E-state index in [4.69, 9.17) is 10.8 Å². The minimum atomic E-state index is 0.946. The Morgan fingerprint density at radius 1 is 1.33 bits per heavy atom. The van der Waals surface area contributed by atoms with Crippen molar-refractivity contribution in [1.82, 2.24) is 4.98 Å². The number of nitrogens with one attached hydrogen (secondary N) is 1. The van der Waals surface area contributed by atoms with E-state index in [1.807, 2.05) is 6.07 Å². The third-order valence-corrected chi connectivity index (χ3v) is 4.39. The van der Waals surface area contributed by atoms with E-state index >= 15 is 0 Å². The molecule has 1 aromatic heterocycles. The maximum atomic E-state index is 5.64. The molecular formula is C14H18BrN3. The summed E-state index contributed by atoms with van der Waals surface area (Å²) in [6, 6.07) is 4.15. The largest absolute Gasteiger partial charge is 0.323 e. The van der Waals surface area contributed by atoms with Gasteiger partial charge in [-0.3, -0.25) is 10.8 Å². The minimum Gasteiger partial charge on any atom is -0.323 e. The average Bonchev–Trinajstić information content (AvgIpc) is 2.35. The van der Waals surface area contributed by atoms with Crippen LogP contribution in [0.3, 0.4) is 0 Å². The fourth-order valence-electron chi connectivity index (χ4n) is 2.29. The van der Waals surface area contributed by atoms with Crippen LogP contribution in [0, 0.1) is 13.8 Å². The number of anilines is 1. The van der Waals surface area contributed by atoms with Gasteiger partial charge in [-0.15, -0.1) is 0 Å². The molecule has 0 aliphatic carbocycles. The maximum absolute atomic E-state index is 5.64. The average molecular weight is 308 g/mol. The number of hydrogen-bond acceptors (Lipinski definition) is 3. The lowest BCUT2D eigenvalue weighted by Gasteiger charge is -2.13. The number of benzene rings is 1. The van der Waals surface area contributed by atoms with Crippen LogP contribution >= 0.6 is 15.9 Å². The van der Waals surface area contributed by atoms with Crippen LogP contribution in [0.2, 0.25) is 0 Å². The summed E-state index contributed by atoms with van der Waals surface area (Å²) in [6.45, 7) is 6.32. The highest BCUT2D eigenvalue weighted by atomic mass is 79.9. The van der Waals surface area contributed by atoms with E-state index in [1.54, 1.807) is 0 Å². The second-order valence-corrected chi connectivity index (χ2v) is 5.38. The smallest absolute Gasteiger partial charge is 0.0732 e. The molecule has 0 amide bonds. The molecule has 0 radical (unpaired) electrons. The van der Waals surface area contributed by atoms with E-state index in [-0.39, 0.29) is 0 Å². The highest BCUT2D eigenvalue weighted by molar-refractivity contribution is 9.10. The van der Waals surface area contributed by atoms with Crippen molar-refractivity contribution >= 4 is 32.5 Å². The van der Waals surface area contributed by atoms with Crippen LogP contribution in [-0.4, -0.2) is 4.98 Å². The number of aryl methyl sites for hydroxylation is 3. The van der Waals surface area contributed by atoms with Crippen molar-refractivity contribution in [2.24, 2.45) is 5.84 Å². The van der Waals surface area contributed by atoms with Crippen LogP contribution in [0.25, 0.3) is 10.9 Å². The predicted molar refractivity (Wildman–Crippen MR) is 80.7 cm³/mol. The van der Waals surface area contributed by atoms with Crippen molar-refractivity contribution in [3.63, 3.8) is 0 Å². The molecule has 0 unspecified atom stereocenters. The number of nitrogens with zero attached hydrogens (tertiary/aromatic N) is 1. The van der Waals surface area contributed by atoms with E-state index in [9.17, 15) is 0 Å². The SMILES string of the molecule is CCCc1cc(NN)c2c(C)c(Br)c(C)cc2n1.